The molecule has 14 heavy (non-hydrogen) atoms. The number of benzene rings is 1. The van der Waals surface area contributed by atoms with E-state index in [1.54, 1.807) is 7.05 Å². The van der Waals surface area contributed by atoms with Gasteiger partial charge in [-0.1, -0.05) is 23.7 Å². The van der Waals surface area contributed by atoms with E-state index in [2.05, 4.69) is 10.6 Å². The van der Waals surface area contributed by atoms with E-state index in [1.807, 2.05) is 25.1 Å². The Morgan fingerprint density at radius 3 is 2.79 bits per heavy atom. The second-order valence-electron chi connectivity index (χ2n) is 3.02. The highest BCUT2D eigenvalue weighted by molar-refractivity contribution is 6.31. The SMILES string of the molecule is CNC(=O)NCc1ccc(Cl)c(C)c1. The van der Waals surface area contributed by atoms with Gasteiger partial charge in [-0.2, -0.15) is 0 Å². The molecule has 0 fully saturated rings. The zero-order valence-electron chi connectivity index (χ0n) is 8.23. The van der Waals surface area contributed by atoms with Gasteiger partial charge in [-0.15, -0.1) is 0 Å². The van der Waals surface area contributed by atoms with Crippen molar-refractivity contribution in [3.63, 3.8) is 0 Å². The maximum absolute atomic E-state index is 10.9. The second-order valence-corrected chi connectivity index (χ2v) is 3.42. The lowest BCUT2D eigenvalue weighted by molar-refractivity contribution is 0.242. The summed E-state index contributed by atoms with van der Waals surface area (Å²) in [5, 5.41) is 5.93. The molecule has 0 aliphatic carbocycles. The number of rotatable bonds is 2. The molecule has 0 spiro atoms. The largest absolute Gasteiger partial charge is 0.341 e. The molecule has 1 aromatic rings. The number of amides is 2. The Labute approximate surface area is 88.5 Å². The van der Waals surface area contributed by atoms with E-state index >= 15 is 0 Å². The normalized spacial score (nSPS) is 9.64. The molecule has 0 bridgehead atoms. The van der Waals surface area contributed by atoms with Crippen molar-refractivity contribution in [3.05, 3.63) is 34.3 Å². The van der Waals surface area contributed by atoms with Gasteiger partial charge in [-0.25, -0.2) is 4.79 Å². The Bertz CT molecular complexity index is 339. The number of halogens is 1. The average molecular weight is 213 g/mol. The molecule has 1 rings (SSSR count). The summed E-state index contributed by atoms with van der Waals surface area (Å²) < 4.78 is 0. The van der Waals surface area contributed by atoms with Gasteiger partial charge >= 0.3 is 6.03 Å². The maximum atomic E-state index is 10.9. The van der Waals surface area contributed by atoms with Crippen molar-refractivity contribution in [1.82, 2.24) is 10.6 Å². The van der Waals surface area contributed by atoms with Crippen LogP contribution in [0.5, 0.6) is 0 Å². The maximum Gasteiger partial charge on any atom is 0.314 e. The standard InChI is InChI=1S/C10H13ClN2O/c1-7-5-8(3-4-9(7)11)6-13-10(14)12-2/h3-5H,6H2,1-2H3,(H2,12,13,14). The Kier molecular flexibility index (Phi) is 3.77. The van der Waals surface area contributed by atoms with Crippen LogP contribution in [0.3, 0.4) is 0 Å². The molecule has 2 N–H and O–H groups in total. The molecule has 0 atom stereocenters. The summed E-state index contributed by atoms with van der Waals surface area (Å²) in [7, 11) is 1.59. The molecule has 0 unspecified atom stereocenters. The van der Waals surface area contributed by atoms with Crippen LogP contribution in [0.25, 0.3) is 0 Å². The van der Waals surface area contributed by atoms with E-state index in [1.165, 1.54) is 0 Å². The smallest absolute Gasteiger partial charge is 0.314 e. The van der Waals surface area contributed by atoms with Crippen molar-refractivity contribution in [3.8, 4) is 0 Å². The molecular formula is C10H13ClN2O. The fourth-order valence-corrected chi connectivity index (χ4v) is 1.21. The van der Waals surface area contributed by atoms with Gasteiger partial charge in [0.1, 0.15) is 0 Å². The van der Waals surface area contributed by atoms with Crippen LogP contribution in [0.15, 0.2) is 18.2 Å². The van der Waals surface area contributed by atoms with E-state index in [0.717, 1.165) is 16.1 Å². The molecule has 0 saturated heterocycles. The average Bonchev–Trinajstić information content (AvgIpc) is 2.19. The minimum atomic E-state index is -0.183. The third-order valence-electron chi connectivity index (χ3n) is 1.90. The summed E-state index contributed by atoms with van der Waals surface area (Å²) in [6, 6.07) is 5.50. The lowest BCUT2D eigenvalue weighted by Crippen LogP contribution is -2.32. The predicted octanol–water partition coefficient (Wildman–Crippen LogP) is 2.08. The quantitative estimate of drug-likeness (QED) is 0.775. The fraction of sp³-hybridized carbons (Fsp3) is 0.300. The minimum Gasteiger partial charge on any atom is -0.341 e. The van der Waals surface area contributed by atoms with Gasteiger partial charge in [0.15, 0.2) is 0 Å². The lowest BCUT2D eigenvalue weighted by atomic mass is 10.1. The predicted molar refractivity (Wildman–Crippen MR) is 57.5 cm³/mol. The molecule has 0 aliphatic rings. The first-order chi connectivity index (χ1) is 6.63. The Hall–Kier alpha value is -1.22. The molecular weight excluding hydrogens is 200 g/mol. The molecule has 3 nitrogen and oxygen atoms in total. The number of aryl methyl sites for hydroxylation is 1. The molecule has 0 saturated carbocycles. The van der Waals surface area contributed by atoms with Crippen molar-refractivity contribution >= 4 is 17.6 Å². The number of hydrogen-bond donors (Lipinski definition) is 2. The van der Waals surface area contributed by atoms with Gasteiger partial charge in [-0.3, -0.25) is 0 Å². The molecule has 76 valence electrons. The van der Waals surface area contributed by atoms with Gasteiger partial charge in [0.05, 0.1) is 0 Å². The summed E-state index contributed by atoms with van der Waals surface area (Å²) in [6.07, 6.45) is 0. The zero-order chi connectivity index (χ0) is 10.6. The molecule has 1 aromatic carbocycles. The van der Waals surface area contributed by atoms with Crippen molar-refractivity contribution in [2.24, 2.45) is 0 Å². The first-order valence-corrected chi connectivity index (χ1v) is 4.72. The van der Waals surface area contributed by atoms with Crippen LogP contribution >= 0.6 is 11.6 Å². The van der Waals surface area contributed by atoms with Gasteiger partial charge < -0.3 is 10.6 Å². The van der Waals surface area contributed by atoms with Crippen LogP contribution in [0.4, 0.5) is 4.79 Å². The van der Waals surface area contributed by atoms with Crippen LogP contribution in [-0.2, 0) is 6.54 Å². The van der Waals surface area contributed by atoms with E-state index in [-0.39, 0.29) is 6.03 Å². The monoisotopic (exact) mass is 212 g/mol. The summed E-state index contributed by atoms with van der Waals surface area (Å²) in [4.78, 5) is 10.9. The highest BCUT2D eigenvalue weighted by Crippen LogP contribution is 2.15. The Morgan fingerprint density at radius 1 is 1.50 bits per heavy atom. The Morgan fingerprint density at radius 2 is 2.21 bits per heavy atom. The number of urea groups is 1. The van der Waals surface area contributed by atoms with E-state index < -0.39 is 0 Å². The third-order valence-corrected chi connectivity index (χ3v) is 2.33. The number of carbonyl (C=O) groups is 1. The zero-order valence-corrected chi connectivity index (χ0v) is 8.98. The van der Waals surface area contributed by atoms with E-state index in [4.69, 9.17) is 11.6 Å². The molecule has 0 aromatic heterocycles. The lowest BCUT2D eigenvalue weighted by Gasteiger charge is -2.05. The van der Waals surface area contributed by atoms with Crippen LogP contribution in [0.2, 0.25) is 5.02 Å². The van der Waals surface area contributed by atoms with Crippen molar-refractivity contribution in [2.45, 2.75) is 13.5 Å². The fourth-order valence-electron chi connectivity index (χ4n) is 1.09. The number of carbonyl (C=O) groups excluding carboxylic acids is 1. The molecule has 0 radical (unpaired) electrons. The van der Waals surface area contributed by atoms with Crippen LogP contribution in [-0.4, -0.2) is 13.1 Å². The van der Waals surface area contributed by atoms with E-state index in [9.17, 15) is 4.79 Å². The Balaban J connectivity index is 2.60. The van der Waals surface area contributed by atoms with E-state index in [0.29, 0.717) is 6.54 Å². The number of hydrogen-bond acceptors (Lipinski definition) is 1. The van der Waals surface area contributed by atoms with Gasteiger partial charge in [0.2, 0.25) is 0 Å². The summed E-state index contributed by atoms with van der Waals surface area (Å²) in [5.74, 6) is 0. The van der Waals surface area contributed by atoms with Gasteiger partial charge in [0, 0.05) is 18.6 Å². The third kappa shape index (κ3) is 2.92. The second kappa shape index (κ2) is 4.86. The van der Waals surface area contributed by atoms with Crippen LogP contribution < -0.4 is 10.6 Å². The molecule has 4 heteroatoms. The molecule has 0 aliphatic heterocycles. The summed E-state index contributed by atoms with van der Waals surface area (Å²) in [5.41, 5.74) is 2.05. The minimum absolute atomic E-state index is 0.183. The highest BCUT2D eigenvalue weighted by atomic mass is 35.5. The highest BCUT2D eigenvalue weighted by Gasteiger charge is 1.99. The van der Waals surface area contributed by atoms with Crippen molar-refractivity contribution in [2.75, 3.05) is 7.05 Å². The van der Waals surface area contributed by atoms with Crippen LogP contribution in [0.1, 0.15) is 11.1 Å². The van der Waals surface area contributed by atoms with Gasteiger partial charge in [0.25, 0.3) is 0 Å². The summed E-state index contributed by atoms with van der Waals surface area (Å²) in [6.45, 7) is 2.45. The van der Waals surface area contributed by atoms with Crippen molar-refractivity contribution in [1.29, 1.82) is 0 Å². The molecule has 0 heterocycles. The van der Waals surface area contributed by atoms with Crippen LogP contribution in [0, 0.1) is 6.92 Å². The summed E-state index contributed by atoms with van der Waals surface area (Å²) >= 11 is 5.87. The van der Waals surface area contributed by atoms with Crippen molar-refractivity contribution < 1.29 is 4.79 Å². The van der Waals surface area contributed by atoms with Gasteiger partial charge in [-0.05, 0) is 24.1 Å². The topological polar surface area (TPSA) is 41.1 Å². The first-order valence-electron chi connectivity index (χ1n) is 4.34. The molecule has 2 amide bonds. The number of nitrogens with one attached hydrogen (secondary N) is 2. The first kappa shape index (κ1) is 10.9.